The molecule has 8 heteroatoms. The second-order valence-corrected chi connectivity index (χ2v) is 16.7. The summed E-state index contributed by atoms with van der Waals surface area (Å²) in [6, 6.07) is 0. The maximum atomic E-state index is 13.2. The second kappa shape index (κ2) is 25.8. The molecular weight excluding hydrogens is 642 g/mol. The van der Waals surface area contributed by atoms with E-state index in [1.165, 1.54) is 83.5 Å². The standard InChI is InChI=1S/C43H75NO7/c1-4-5-6-7-8-9-10-11-12-13-14-15-16-17-18-22-40(45)49-33-39(35-51-42(47)48-26-21-25-44-23-19-20-24-44)34-50-41(46)32-43-29-36(2)27-38(31-43)28-37(3)30-43/h11-12,36-39H,4-10,13-35H2,1-3H3/b12-11+/t36-,37+,38?,39?,43?. The van der Waals surface area contributed by atoms with Gasteiger partial charge in [0, 0.05) is 13.0 Å². The zero-order valence-corrected chi connectivity index (χ0v) is 33.0. The van der Waals surface area contributed by atoms with E-state index in [1.54, 1.807) is 0 Å². The Bertz CT molecular complexity index is 973. The molecule has 3 rings (SSSR count). The highest BCUT2D eigenvalue weighted by Gasteiger charge is 2.45. The highest BCUT2D eigenvalue weighted by Crippen LogP contribution is 2.54. The Hall–Kier alpha value is -2.09. The second-order valence-electron chi connectivity index (χ2n) is 16.7. The molecule has 3 aliphatic rings. The molecule has 3 unspecified atom stereocenters. The predicted octanol–water partition coefficient (Wildman–Crippen LogP) is 10.6. The minimum absolute atomic E-state index is 0.0262. The van der Waals surface area contributed by atoms with E-state index in [2.05, 4.69) is 37.8 Å². The van der Waals surface area contributed by atoms with Crippen LogP contribution in [0.2, 0.25) is 0 Å². The number of allylic oxidation sites excluding steroid dienone is 2. The van der Waals surface area contributed by atoms with Gasteiger partial charge in [-0.2, -0.15) is 0 Å². The van der Waals surface area contributed by atoms with Crippen LogP contribution in [0.25, 0.3) is 0 Å². The Balaban J connectivity index is 1.32. The largest absolute Gasteiger partial charge is 0.508 e. The van der Waals surface area contributed by atoms with Crippen LogP contribution in [0.1, 0.15) is 168 Å². The summed E-state index contributed by atoms with van der Waals surface area (Å²) in [5.41, 5.74) is 0.0262. The van der Waals surface area contributed by atoms with Crippen molar-refractivity contribution in [2.45, 2.75) is 168 Å². The third-order valence-electron chi connectivity index (χ3n) is 11.4. The van der Waals surface area contributed by atoms with E-state index in [0.717, 1.165) is 71.0 Å². The van der Waals surface area contributed by atoms with E-state index in [1.807, 2.05) is 0 Å². The Morgan fingerprint density at radius 3 is 1.90 bits per heavy atom. The van der Waals surface area contributed by atoms with Gasteiger partial charge in [0.25, 0.3) is 0 Å². The minimum Gasteiger partial charge on any atom is -0.465 e. The first-order valence-corrected chi connectivity index (χ1v) is 21.2. The van der Waals surface area contributed by atoms with Gasteiger partial charge in [0.2, 0.25) is 0 Å². The van der Waals surface area contributed by atoms with Crippen LogP contribution in [0.3, 0.4) is 0 Å². The van der Waals surface area contributed by atoms with Crippen LogP contribution in [-0.2, 0) is 28.5 Å². The van der Waals surface area contributed by atoms with Crippen LogP contribution in [0.5, 0.6) is 0 Å². The van der Waals surface area contributed by atoms with E-state index in [9.17, 15) is 14.4 Å². The lowest BCUT2D eigenvalue weighted by molar-refractivity contribution is -0.153. The van der Waals surface area contributed by atoms with Crippen LogP contribution in [0.4, 0.5) is 4.79 Å². The third-order valence-corrected chi connectivity index (χ3v) is 11.4. The number of carbonyl (C=O) groups excluding carboxylic acids is 3. The molecule has 0 aromatic rings. The van der Waals surface area contributed by atoms with Crippen molar-refractivity contribution in [3.8, 4) is 0 Å². The highest BCUT2D eigenvalue weighted by atomic mass is 16.7. The van der Waals surface area contributed by atoms with Gasteiger partial charge < -0.3 is 23.8 Å². The molecular formula is C43H75NO7. The maximum absolute atomic E-state index is 13.2. The predicted molar refractivity (Wildman–Crippen MR) is 204 cm³/mol. The SMILES string of the molecule is CCCCCCCC/C=C/CCCCCCCC(=O)OCC(COC(=O)CC12CC(C[C@@H](C)C1)C[C@H](C)C2)COC(=O)OCCCN1CCCC1. The molecule has 2 saturated carbocycles. The quantitative estimate of drug-likeness (QED) is 0.0359. The van der Waals surface area contributed by atoms with Crippen LogP contribution in [0.15, 0.2) is 12.2 Å². The number of fused-ring (bicyclic) bond motifs is 2. The van der Waals surface area contributed by atoms with Gasteiger partial charge in [-0.1, -0.05) is 84.3 Å². The fourth-order valence-electron chi connectivity index (χ4n) is 9.14. The average molecular weight is 718 g/mol. The van der Waals surface area contributed by atoms with Crippen molar-refractivity contribution in [2.24, 2.45) is 29.1 Å². The van der Waals surface area contributed by atoms with E-state index in [0.29, 0.717) is 37.2 Å². The molecule has 0 aromatic heterocycles. The molecule has 1 heterocycles. The summed E-state index contributed by atoms with van der Waals surface area (Å²) in [6.45, 7) is 10.4. The van der Waals surface area contributed by atoms with E-state index in [-0.39, 0.29) is 37.2 Å². The molecule has 0 amide bonds. The molecule has 5 atom stereocenters. The minimum atomic E-state index is -0.732. The van der Waals surface area contributed by atoms with Crippen molar-refractivity contribution in [2.75, 3.05) is 46.1 Å². The fraction of sp³-hybridized carbons (Fsp3) is 0.884. The average Bonchev–Trinajstić information content (AvgIpc) is 3.61. The lowest BCUT2D eigenvalue weighted by Gasteiger charge is -2.49. The number of carbonyl (C=O) groups is 3. The van der Waals surface area contributed by atoms with Gasteiger partial charge >= 0.3 is 18.1 Å². The van der Waals surface area contributed by atoms with Gasteiger partial charge in [-0.25, -0.2) is 4.79 Å². The maximum Gasteiger partial charge on any atom is 0.508 e. The first-order valence-electron chi connectivity index (χ1n) is 21.2. The highest BCUT2D eigenvalue weighted by molar-refractivity contribution is 5.70. The summed E-state index contributed by atoms with van der Waals surface area (Å²) in [5.74, 6) is 1.07. The molecule has 0 aromatic carbocycles. The van der Waals surface area contributed by atoms with Crippen LogP contribution >= 0.6 is 0 Å². The molecule has 1 saturated heterocycles. The van der Waals surface area contributed by atoms with Crippen molar-refractivity contribution < 1.29 is 33.3 Å². The zero-order chi connectivity index (χ0) is 36.6. The summed E-state index contributed by atoms with van der Waals surface area (Å²) in [6.07, 6.45) is 29.5. The molecule has 0 spiro atoms. The van der Waals surface area contributed by atoms with Gasteiger partial charge in [-0.3, -0.25) is 9.59 Å². The Kier molecular flexibility index (Phi) is 21.9. The number of rotatable bonds is 27. The monoisotopic (exact) mass is 718 g/mol. The van der Waals surface area contributed by atoms with Crippen molar-refractivity contribution in [3.63, 3.8) is 0 Å². The van der Waals surface area contributed by atoms with Gasteiger partial charge in [0.15, 0.2) is 0 Å². The van der Waals surface area contributed by atoms with Crippen LogP contribution < -0.4 is 0 Å². The van der Waals surface area contributed by atoms with Crippen molar-refractivity contribution in [1.29, 1.82) is 0 Å². The zero-order valence-electron chi connectivity index (χ0n) is 33.0. The van der Waals surface area contributed by atoms with Crippen molar-refractivity contribution in [3.05, 3.63) is 12.2 Å². The lowest BCUT2D eigenvalue weighted by atomic mass is 9.56. The molecule has 2 aliphatic carbocycles. The first-order chi connectivity index (χ1) is 24.8. The normalized spacial score (nSPS) is 24.0. The number of esters is 2. The lowest BCUT2D eigenvalue weighted by Crippen LogP contribution is -2.41. The van der Waals surface area contributed by atoms with E-state index >= 15 is 0 Å². The number of hydrogen-bond acceptors (Lipinski definition) is 8. The Morgan fingerprint density at radius 1 is 0.686 bits per heavy atom. The molecule has 0 radical (unpaired) electrons. The van der Waals surface area contributed by atoms with Crippen molar-refractivity contribution >= 4 is 18.1 Å². The fourth-order valence-corrected chi connectivity index (χ4v) is 9.14. The van der Waals surface area contributed by atoms with Gasteiger partial charge in [0.05, 0.1) is 18.9 Å². The van der Waals surface area contributed by atoms with E-state index < -0.39 is 12.1 Å². The molecule has 0 N–H and O–H groups in total. The summed E-state index contributed by atoms with van der Waals surface area (Å²) in [5, 5.41) is 0. The van der Waals surface area contributed by atoms with Gasteiger partial charge in [0.1, 0.15) is 19.8 Å². The topological polar surface area (TPSA) is 91.4 Å². The van der Waals surface area contributed by atoms with Gasteiger partial charge in [-0.15, -0.1) is 0 Å². The first kappa shape index (κ1) is 43.3. The summed E-state index contributed by atoms with van der Waals surface area (Å²) in [4.78, 5) is 40.5. The number of likely N-dealkylation sites (tertiary alicyclic amines) is 1. The molecule has 8 nitrogen and oxygen atoms in total. The van der Waals surface area contributed by atoms with Crippen LogP contribution in [0, 0.1) is 29.1 Å². The van der Waals surface area contributed by atoms with E-state index in [4.69, 9.17) is 18.9 Å². The smallest absolute Gasteiger partial charge is 0.465 e. The summed E-state index contributed by atoms with van der Waals surface area (Å²) < 4.78 is 22.1. The molecule has 3 fully saturated rings. The van der Waals surface area contributed by atoms with Crippen LogP contribution in [-0.4, -0.2) is 69.1 Å². The number of nitrogens with zero attached hydrogens (tertiary/aromatic N) is 1. The molecule has 2 bridgehead atoms. The Morgan fingerprint density at radius 2 is 1.25 bits per heavy atom. The van der Waals surface area contributed by atoms with Crippen molar-refractivity contribution in [1.82, 2.24) is 4.90 Å². The summed E-state index contributed by atoms with van der Waals surface area (Å²) >= 11 is 0. The molecule has 1 aliphatic heterocycles. The third kappa shape index (κ3) is 19.5. The van der Waals surface area contributed by atoms with Gasteiger partial charge in [-0.05, 0) is 120 Å². The molecule has 294 valence electrons. The number of unbranched alkanes of at least 4 members (excludes halogenated alkanes) is 11. The summed E-state index contributed by atoms with van der Waals surface area (Å²) in [7, 11) is 0. The molecule has 51 heavy (non-hydrogen) atoms. The number of ether oxygens (including phenoxy) is 4. The Labute approximate surface area is 311 Å². The number of hydrogen-bond donors (Lipinski definition) is 0.